The fraction of sp³-hybridized carbons (Fsp3) is 0.464. The number of H-pyrrole nitrogens is 1. The Morgan fingerprint density at radius 3 is 2.61 bits per heavy atom. The molecule has 0 spiro atoms. The standard InChI is InChI=1S/C28H35N7O/c1-16-8-9-17(2)25-24(16)19(4)26(31-25)28(36)34-11-6-5-7-22(34)21-13-23-30-27(18(3)14-35(23)32-21)33-12-10-20(29)15-33/h8-9,13-14,20,22,31H,5-7,10-12,15,29H2,1-4H3/t20-,22-/m0/s1. The molecular weight excluding hydrogens is 450 g/mol. The lowest BCUT2D eigenvalue weighted by Gasteiger charge is -2.34. The van der Waals surface area contributed by atoms with Gasteiger partial charge in [0.25, 0.3) is 5.91 Å². The van der Waals surface area contributed by atoms with Crippen LogP contribution in [0.3, 0.4) is 0 Å². The molecule has 1 aromatic carbocycles. The molecule has 0 unspecified atom stereocenters. The van der Waals surface area contributed by atoms with E-state index in [4.69, 9.17) is 15.8 Å². The van der Waals surface area contributed by atoms with Crippen molar-refractivity contribution in [1.29, 1.82) is 0 Å². The molecule has 5 heterocycles. The van der Waals surface area contributed by atoms with Gasteiger partial charge in [0.15, 0.2) is 5.65 Å². The number of nitrogens with zero attached hydrogens (tertiary/aromatic N) is 5. The predicted molar refractivity (Wildman–Crippen MR) is 143 cm³/mol. The van der Waals surface area contributed by atoms with Crippen LogP contribution in [0.5, 0.6) is 0 Å². The zero-order valence-corrected chi connectivity index (χ0v) is 21.6. The number of aromatic amines is 1. The third-order valence-corrected chi connectivity index (χ3v) is 8.09. The minimum Gasteiger partial charge on any atom is -0.355 e. The molecule has 0 radical (unpaired) electrons. The average molecular weight is 486 g/mol. The molecule has 6 rings (SSSR count). The largest absolute Gasteiger partial charge is 0.355 e. The van der Waals surface area contributed by atoms with Gasteiger partial charge in [0.05, 0.1) is 11.7 Å². The van der Waals surface area contributed by atoms with Gasteiger partial charge in [-0.2, -0.15) is 5.10 Å². The van der Waals surface area contributed by atoms with Gasteiger partial charge in [0.1, 0.15) is 11.5 Å². The smallest absolute Gasteiger partial charge is 0.271 e. The first kappa shape index (κ1) is 23.0. The van der Waals surface area contributed by atoms with Crippen LogP contribution in [0.2, 0.25) is 0 Å². The van der Waals surface area contributed by atoms with Gasteiger partial charge in [-0.15, -0.1) is 0 Å². The van der Waals surface area contributed by atoms with E-state index < -0.39 is 0 Å². The van der Waals surface area contributed by atoms with E-state index in [0.29, 0.717) is 5.69 Å². The number of nitrogens with two attached hydrogens (primary N) is 1. The molecule has 36 heavy (non-hydrogen) atoms. The first-order valence-corrected chi connectivity index (χ1v) is 13.1. The Hall–Kier alpha value is -3.39. The maximum atomic E-state index is 14.0. The monoisotopic (exact) mass is 485 g/mol. The van der Waals surface area contributed by atoms with E-state index in [-0.39, 0.29) is 18.0 Å². The van der Waals surface area contributed by atoms with E-state index >= 15 is 0 Å². The van der Waals surface area contributed by atoms with Crippen LogP contribution in [0, 0.1) is 27.7 Å². The van der Waals surface area contributed by atoms with Gasteiger partial charge in [-0.25, -0.2) is 9.50 Å². The molecule has 3 aromatic heterocycles. The summed E-state index contributed by atoms with van der Waals surface area (Å²) in [5.41, 5.74) is 14.1. The highest BCUT2D eigenvalue weighted by molar-refractivity contribution is 6.02. The van der Waals surface area contributed by atoms with Crippen LogP contribution in [0.4, 0.5) is 5.82 Å². The zero-order valence-electron chi connectivity index (χ0n) is 21.6. The maximum absolute atomic E-state index is 14.0. The maximum Gasteiger partial charge on any atom is 0.271 e. The molecule has 2 aliphatic rings. The van der Waals surface area contributed by atoms with Crippen LogP contribution in [0.15, 0.2) is 24.4 Å². The molecule has 4 aromatic rings. The fourth-order valence-corrected chi connectivity index (χ4v) is 6.12. The summed E-state index contributed by atoms with van der Waals surface area (Å²) in [6.45, 7) is 10.8. The first-order chi connectivity index (χ1) is 17.3. The van der Waals surface area contributed by atoms with Crippen LogP contribution < -0.4 is 10.6 Å². The number of carbonyl (C=O) groups excluding carboxylic acids is 1. The van der Waals surface area contributed by atoms with Crippen molar-refractivity contribution in [2.45, 2.75) is 65.5 Å². The highest BCUT2D eigenvalue weighted by Crippen LogP contribution is 2.35. The molecule has 0 aliphatic carbocycles. The molecule has 188 valence electrons. The van der Waals surface area contributed by atoms with Crippen molar-refractivity contribution >= 4 is 28.3 Å². The number of aryl methyl sites for hydroxylation is 4. The predicted octanol–water partition coefficient (Wildman–Crippen LogP) is 4.35. The van der Waals surface area contributed by atoms with Gasteiger partial charge < -0.3 is 20.5 Å². The third-order valence-electron chi connectivity index (χ3n) is 8.09. The lowest BCUT2D eigenvalue weighted by atomic mass is 9.98. The molecule has 1 amide bonds. The molecule has 2 saturated heterocycles. The van der Waals surface area contributed by atoms with E-state index in [1.165, 1.54) is 5.56 Å². The number of fused-ring (bicyclic) bond motifs is 2. The van der Waals surface area contributed by atoms with Crippen molar-refractivity contribution in [3.05, 3.63) is 58.0 Å². The van der Waals surface area contributed by atoms with E-state index in [9.17, 15) is 4.79 Å². The van der Waals surface area contributed by atoms with Crippen LogP contribution in [0.1, 0.15) is 70.2 Å². The summed E-state index contributed by atoms with van der Waals surface area (Å²) >= 11 is 0. The zero-order chi connectivity index (χ0) is 25.1. The quantitative estimate of drug-likeness (QED) is 0.450. The second kappa shape index (κ2) is 8.62. The van der Waals surface area contributed by atoms with Gasteiger partial charge >= 0.3 is 0 Å². The Morgan fingerprint density at radius 2 is 1.86 bits per heavy atom. The van der Waals surface area contributed by atoms with E-state index in [1.54, 1.807) is 0 Å². The Morgan fingerprint density at radius 1 is 1.06 bits per heavy atom. The van der Waals surface area contributed by atoms with Crippen LogP contribution >= 0.6 is 0 Å². The first-order valence-electron chi connectivity index (χ1n) is 13.1. The fourth-order valence-electron chi connectivity index (χ4n) is 6.12. The highest BCUT2D eigenvalue weighted by Gasteiger charge is 2.33. The lowest BCUT2D eigenvalue weighted by Crippen LogP contribution is -2.39. The number of anilines is 1. The molecule has 2 aliphatic heterocycles. The van der Waals surface area contributed by atoms with Crippen LogP contribution in [-0.2, 0) is 0 Å². The highest BCUT2D eigenvalue weighted by atomic mass is 16.2. The molecule has 2 atom stereocenters. The number of benzene rings is 1. The van der Waals surface area contributed by atoms with Crippen molar-refractivity contribution in [2.75, 3.05) is 24.5 Å². The summed E-state index contributed by atoms with van der Waals surface area (Å²) in [6.07, 6.45) is 6.02. The second-order valence-electron chi connectivity index (χ2n) is 10.7. The number of piperidine rings is 1. The van der Waals surface area contributed by atoms with Crippen LogP contribution in [-0.4, -0.2) is 56.1 Å². The summed E-state index contributed by atoms with van der Waals surface area (Å²) in [6, 6.07) is 6.44. The number of carbonyl (C=O) groups is 1. The Balaban J connectivity index is 1.36. The topological polar surface area (TPSA) is 95.5 Å². The molecule has 2 fully saturated rings. The number of hydrogen-bond acceptors (Lipinski definition) is 5. The molecule has 8 nitrogen and oxygen atoms in total. The van der Waals surface area contributed by atoms with Gasteiger partial charge in [0.2, 0.25) is 0 Å². The normalized spacial score (nSPS) is 20.7. The Kier molecular flexibility index (Phi) is 5.52. The van der Waals surface area contributed by atoms with E-state index in [2.05, 4.69) is 55.8 Å². The molecule has 0 bridgehead atoms. The molecular formula is C28H35N7O. The number of aromatic nitrogens is 4. The summed E-state index contributed by atoms with van der Waals surface area (Å²) < 4.78 is 1.86. The van der Waals surface area contributed by atoms with Crippen molar-refractivity contribution in [1.82, 2.24) is 24.5 Å². The van der Waals surface area contributed by atoms with Gasteiger partial charge in [-0.3, -0.25) is 4.79 Å². The second-order valence-corrected chi connectivity index (χ2v) is 10.7. The SMILES string of the molecule is Cc1cn2nc([C@@H]3CCCCN3C(=O)c3[nH]c4c(C)ccc(C)c4c3C)cc2nc1N1CC[C@H](N)C1. The van der Waals surface area contributed by atoms with Gasteiger partial charge in [-0.05, 0) is 70.1 Å². The van der Waals surface area contributed by atoms with E-state index in [0.717, 1.165) is 90.1 Å². The van der Waals surface area contributed by atoms with Crippen molar-refractivity contribution in [3.8, 4) is 0 Å². The Bertz CT molecular complexity index is 1480. The summed E-state index contributed by atoms with van der Waals surface area (Å²) in [4.78, 5) is 26.7. The molecule has 0 saturated carbocycles. The van der Waals surface area contributed by atoms with Crippen molar-refractivity contribution in [3.63, 3.8) is 0 Å². The molecule has 8 heteroatoms. The van der Waals surface area contributed by atoms with Crippen molar-refractivity contribution < 1.29 is 4.79 Å². The number of rotatable bonds is 3. The lowest BCUT2D eigenvalue weighted by molar-refractivity contribution is 0.0600. The van der Waals surface area contributed by atoms with Gasteiger partial charge in [0, 0.05) is 54.4 Å². The number of likely N-dealkylation sites (tertiary alicyclic amines) is 1. The number of nitrogens with one attached hydrogen (secondary N) is 1. The average Bonchev–Trinajstić information content (AvgIpc) is 3.57. The third kappa shape index (κ3) is 3.66. The summed E-state index contributed by atoms with van der Waals surface area (Å²) in [5, 5.41) is 6.07. The van der Waals surface area contributed by atoms with Crippen LogP contribution in [0.25, 0.3) is 16.6 Å². The minimum absolute atomic E-state index is 0.0557. The summed E-state index contributed by atoms with van der Waals surface area (Å²) in [5.74, 6) is 1.04. The number of hydrogen-bond donors (Lipinski definition) is 2. The summed E-state index contributed by atoms with van der Waals surface area (Å²) in [7, 11) is 0. The van der Waals surface area contributed by atoms with Crippen molar-refractivity contribution in [2.24, 2.45) is 5.73 Å². The Labute approximate surface area is 211 Å². The molecule has 3 N–H and O–H groups in total. The minimum atomic E-state index is -0.0649. The van der Waals surface area contributed by atoms with E-state index in [1.807, 2.05) is 15.6 Å². The van der Waals surface area contributed by atoms with Gasteiger partial charge in [-0.1, -0.05) is 12.1 Å². The number of amides is 1.